The Kier molecular flexibility index (Phi) is 7.50. The fraction of sp³-hybridized carbons (Fsp3) is 0.667. The third-order valence-electron chi connectivity index (χ3n) is 2.73. The van der Waals surface area contributed by atoms with Crippen molar-refractivity contribution in [3.05, 3.63) is 12.7 Å². The minimum Gasteiger partial charge on any atom is -0.469 e. The van der Waals surface area contributed by atoms with Crippen molar-refractivity contribution >= 4 is 12.1 Å². The lowest BCUT2D eigenvalue weighted by Crippen LogP contribution is -2.45. The summed E-state index contributed by atoms with van der Waals surface area (Å²) in [6, 6.07) is 1.63. The lowest BCUT2D eigenvalue weighted by Gasteiger charge is -2.32. The van der Waals surface area contributed by atoms with Gasteiger partial charge in [-0.3, -0.25) is 4.79 Å². The molecule has 0 heterocycles. The summed E-state index contributed by atoms with van der Waals surface area (Å²) in [4.78, 5) is 25.2. The summed E-state index contributed by atoms with van der Waals surface area (Å²) in [5.74, 6) is -1.15. The normalized spacial score (nSPS) is 13.5. The van der Waals surface area contributed by atoms with Gasteiger partial charge in [0.05, 0.1) is 25.5 Å². The number of esters is 1. The van der Waals surface area contributed by atoms with E-state index in [0.717, 1.165) is 0 Å². The average Bonchev–Trinajstić information content (AvgIpc) is 2.37. The van der Waals surface area contributed by atoms with Gasteiger partial charge in [0.25, 0.3) is 0 Å². The molecule has 0 aliphatic heterocycles. The molecule has 0 aromatic rings. The monoisotopic (exact) mass is 296 g/mol. The van der Waals surface area contributed by atoms with Crippen LogP contribution < -0.4 is 0 Å². The fourth-order valence-corrected chi connectivity index (χ4v) is 1.61. The number of amides is 1. The van der Waals surface area contributed by atoms with Crippen molar-refractivity contribution in [2.24, 2.45) is 5.92 Å². The summed E-state index contributed by atoms with van der Waals surface area (Å²) in [5, 5.41) is 8.81. The lowest BCUT2D eigenvalue weighted by molar-refractivity contribution is -0.144. The van der Waals surface area contributed by atoms with Gasteiger partial charge < -0.3 is 14.4 Å². The van der Waals surface area contributed by atoms with Gasteiger partial charge in [0.15, 0.2) is 0 Å². The molecule has 0 rings (SSSR count). The second-order valence-corrected chi connectivity index (χ2v) is 5.71. The van der Waals surface area contributed by atoms with Crippen LogP contribution in [0.1, 0.15) is 34.1 Å². The molecule has 0 saturated heterocycles. The average molecular weight is 296 g/mol. The maximum Gasteiger partial charge on any atom is 0.410 e. The van der Waals surface area contributed by atoms with E-state index in [9.17, 15) is 9.59 Å². The van der Waals surface area contributed by atoms with E-state index in [1.54, 1.807) is 27.7 Å². The molecule has 0 bridgehead atoms. The van der Waals surface area contributed by atoms with E-state index >= 15 is 0 Å². The van der Waals surface area contributed by atoms with Crippen LogP contribution in [-0.2, 0) is 14.3 Å². The van der Waals surface area contributed by atoms with E-state index in [0.29, 0.717) is 0 Å². The fourth-order valence-electron chi connectivity index (χ4n) is 1.61. The molecule has 21 heavy (non-hydrogen) atoms. The predicted molar refractivity (Wildman–Crippen MR) is 78.3 cm³/mol. The van der Waals surface area contributed by atoms with Gasteiger partial charge in [-0.2, -0.15) is 5.26 Å². The van der Waals surface area contributed by atoms with E-state index in [2.05, 4.69) is 11.3 Å². The highest BCUT2D eigenvalue weighted by atomic mass is 16.6. The SMILES string of the molecule is C=CC(CN(C(=O)OC(C)(C)C)[C@@H](C)CC#N)C(=O)OC. The Morgan fingerprint density at radius 2 is 2.00 bits per heavy atom. The standard InChI is InChI=1S/C15H24N2O4/c1-7-12(13(18)20-6)10-17(11(2)8-9-16)14(19)21-15(3,4)5/h7,11-12H,1,8,10H2,2-6H3/t11-,12?/m0/s1. The number of ether oxygens (including phenoxy) is 2. The first kappa shape index (κ1) is 19.0. The number of carbonyl (C=O) groups excluding carboxylic acids is 2. The highest BCUT2D eigenvalue weighted by Crippen LogP contribution is 2.16. The number of hydrogen-bond donors (Lipinski definition) is 0. The molecular weight excluding hydrogens is 272 g/mol. The maximum atomic E-state index is 12.2. The third kappa shape index (κ3) is 6.80. The van der Waals surface area contributed by atoms with E-state index in [-0.39, 0.29) is 19.0 Å². The number of hydrogen-bond acceptors (Lipinski definition) is 5. The zero-order valence-corrected chi connectivity index (χ0v) is 13.4. The van der Waals surface area contributed by atoms with Gasteiger partial charge >= 0.3 is 12.1 Å². The van der Waals surface area contributed by atoms with Crippen molar-refractivity contribution in [2.75, 3.05) is 13.7 Å². The summed E-state index contributed by atoms with van der Waals surface area (Å²) in [6.07, 6.45) is 0.994. The molecule has 0 fully saturated rings. The quantitative estimate of drug-likeness (QED) is 0.555. The first-order valence-corrected chi connectivity index (χ1v) is 6.73. The van der Waals surface area contributed by atoms with E-state index < -0.39 is 23.6 Å². The molecule has 0 N–H and O–H groups in total. The molecule has 0 aromatic carbocycles. The maximum absolute atomic E-state index is 12.2. The van der Waals surface area contributed by atoms with Gasteiger partial charge in [-0.1, -0.05) is 6.08 Å². The van der Waals surface area contributed by atoms with E-state index in [4.69, 9.17) is 10.00 Å². The van der Waals surface area contributed by atoms with Crippen LogP contribution in [0, 0.1) is 17.2 Å². The molecule has 0 spiro atoms. The van der Waals surface area contributed by atoms with Crippen LogP contribution in [-0.4, -0.2) is 42.3 Å². The van der Waals surface area contributed by atoms with Gasteiger partial charge in [0.2, 0.25) is 0 Å². The smallest absolute Gasteiger partial charge is 0.410 e. The molecule has 0 aliphatic rings. The largest absolute Gasteiger partial charge is 0.469 e. The summed E-state index contributed by atoms with van der Waals surface area (Å²) in [7, 11) is 1.27. The van der Waals surface area contributed by atoms with Crippen molar-refractivity contribution in [1.29, 1.82) is 5.26 Å². The molecule has 1 amide bonds. The van der Waals surface area contributed by atoms with Crippen molar-refractivity contribution < 1.29 is 19.1 Å². The van der Waals surface area contributed by atoms with E-state index in [1.165, 1.54) is 18.1 Å². The van der Waals surface area contributed by atoms with Crippen LogP contribution >= 0.6 is 0 Å². The van der Waals surface area contributed by atoms with Crippen LogP contribution in [0.4, 0.5) is 4.79 Å². The third-order valence-corrected chi connectivity index (χ3v) is 2.73. The number of methoxy groups -OCH3 is 1. The first-order chi connectivity index (χ1) is 9.66. The van der Waals surface area contributed by atoms with Crippen molar-refractivity contribution in [3.63, 3.8) is 0 Å². The molecule has 118 valence electrons. The number of nitriles is 1. The number of rotatable bonds is 6. The molecular formula is C15H24N2O4. The summed E-state index contributed by atoms with van der Waals surface area (Å²) < 4.78 is 9.99. The van der Waals surface area contributed by atoms with Gasteiger partial charge in [-0.25, -0.2) is 4.79 Å². The van der Waals surface area contributed by atoms with Crippen LogP contribution in [0.15, 0.2) is 12.7 Å². The Labute approximate surface area is 126 Å². The van der Waals surface area contributed by atoms with E-state index in [1.807, 2.05) is 6.07 Å². The second-order valence-electron chi connectivity index (χ2n) is 5.71. The first-order valence-electron chi connectivity index (χ1n) is 6.73. The highest BCUT2D eigenvalue weighted by Gasteiger charge is 2.30. The topological polar surface area (TPSA) is 79.6 Å². The minimum atomic E-state index is -0.663. The Hall–Kier alpha value is -2.03. The molecule has 0 radical (unpaired) electrons. The van der Waals surface area contributed by atoms with Gasteiger partial charge in [-0.05, 0) is 27.7 Å². The predicted octanol–water partition coefficient (Wildman–Crippen LogP) is 2.50. The Bertz CT molecular complexity index is 420. The van der Waals surface area contributed by atoms with Crippen LogP contribution in [0.3, 0.4) is 0 Å². The molecule has 0 saturated carbocycles. The van der Waals surface area contributed by atoms with Crippen molar-refractivity contribution in [1.82, 2.24) is 4.90 Å². The summed E-state index contributed by atoms with van der Waals surface area (Å²) in [6.45, 7) is 10.6. The molecule has 6 nitrogen and oxygen atoms in total. The lowest BCUT2D eigenvalue weighted by atomic mass is 10.1. The molecule has 1 unspecified atom stereocenters. The van der Waals surface area contributed by atoms with Gasteiger partial charge in [0, 0.05) is 12.6 Å². The second kappa shape index (κ2) is 8.30. The molecule has 2 atom stereocenters. The zero-order chi connectivity index (χ0) is 16.6. The minimum absolute atomic E-state index is 0.0634. The van der Waals surface area contributed by atoms with Gasteiger partial charge in [0.1, 0.15) is 5.60 Å². The Morgan fingerprint density at radius 3 is 2.38 bits per heavy atom. The van der Waals surface area contributed by atoms with Crippen molar-refractivity contribution in [2.45, 2.75) is 45.8 Å². The molecule has 6 heteroatoms. The summed E-state index contributed by atoms with van der Waals surface area (Å²) in [5.41, 5.74) is -0.656. The number of nitrogens with zero attached hydrogens (tertiary/aromatic N) is 2. The van der Waals surface area contributed by atoms with Crippen molar-refractivity contribution in [3.8, 4) is 6.07 Å². The van der Waals surface area contributed by atoms with Crippen LogP contribution in [0.5, 0.6) is 0 Å². The zero-order valence-electron chi connectivity index (χ0n) is 13.4. The Morgan fingerprint density at radius 1 is 1.43 bits per heavy atom. The molecule has 0 aromatic heterocycles. The molecule has 0 aliphatic carbocycles. The highest BCUT2D eigenvalue weighted by molar-refractivity contribution is 5.76. The van der Waals surface area contributed by atoms with Crippen LogP contribution in [0.25, 0.3) is 0 Å². The Balaban J connectivity index is 5.14. The summed E-state index contributed by atoms with van der Waals surface area (Å²) >= 11 is 0. The number of carbonyl (C=O) groups is 2. The van der Waals surface area contributed by atoms with Gasteiger partial charge in [-0.15, -0.1) is 6.58 Å². The van der Waals surface area contributed by atoms with Crippen LogP contribution in [0.2, 0.25) is 0 Å².